The summed E-state index contributed by atoms with van der Waals surface area (Å²) in [5, 5.41) is 7.45. The van der Waals surface area contributed by atoms with Gasteiger partial charge in [-0.25, -0.2) is 13.4 Å². The number of piperidine rings is 1. The van der Waals surface area contributed by atoms with Crippen LogP contribution < -0.4 is 10.6 Å². The van der Waals surface area contributed by atoms with Gasteiger partial charge in [0.05, 0.1) is 11.4 Å². The van der Waals surface area contributed by atoms with Crippen LogP contribution in [0.25, 0.3) is 0 Å². The van der Waals surface area contributed by atoms with Gasteiger partial charge in [-0.2, -0.15) is 4.31 Å². The van der Waals surface area contributed by atoms with Gasteiger partial charge >= 0.3 is 0 Å². The smallest absolute Gasteiger partial charge is 0.243 e. The minimum absolute atomic E-state index is 0.356. The number of guanidine groups is 1. The van der Waals surface area contributed by atoms with Crippen LogP contribution in [-0.2, 0) is 23.1 Å². The predicted molar refractivity (Wildman–Crippen MR) is 113 cm³/mol. The van der Waals surface area contributed by atoms with E-state index in [4.69, 9.17) is 0 Å². The van der Waals surface area contributed by atoms with E-state index >= 15 is 0 Å². The molecule has 1 aromatic carbocycles. The van der Waals surface area contributed by atoms with Crippen molar-refractivity contribution >= 4 is 27.3 Å². The molecule has 1 aliphatic rings. The van der Waals surface area contributed by atoms with Crippen LogP contribution in [0.15, 0.2) is 40.4 Å². The molecule has 0 spiro atoms. The zero-order valence-electron chi connectivity index (χ0n) is 16.3. The van der Waals surface area contributed by atoms with Crippen molar-refractivity contribution in [1.82, 2.24) is 19.9 Å². The standard InChI is InChI=1S/C19H27N5O2S2/c1-15-12-21-18(27-15)14-23-19(20-2)22-13-16-7-6-8-17(11-16)28(25,26)24-9-4-3-5-10-24/h6-8,11-12H,3-5,9-10,13-14H2,1-2H3,(H2,20,22,23). The van der Waals surface area contributed by atoms with Gasteiger partial charge in [-0.3, -0.25) is 4.99 Å². The monoisotopic (exact) mass is 421 g/mol. The Kier molecular flexibility index (Phi) is 7.03. The molecule has 1 saturated heterocycles. The molecule has 9 heteroatoms. The van der Waals surface area contributed by atoms with Crippen molar-refractivity contribution < 1.29 is 8.42 Å². The fraction of sp³-hybridized carbons (Fsp3) is 0.474. The third kappa shape index (κ3) is 5.30. The average molecular weight is 422 g/mol. The third-order valence-corrected chi connectivity index (χ3v) is 7.42. The van der Waals surface area contributed by atoms with Gasteiger partial charge in [0, 0.05) is 37.8 Å². The number of aliphatic imine (C=N–C) groups is 1. The topological polar surface area (TPSA) is 86.7 Å². The molecular weight excluding hydrogens is 394 g/mol. The van der Waals surface area contributed by atoms with Crippen molar-refractivity contribution in [1.29, 1.82) is 0 Å². The largest absolute Gasteiger partial charge is 0.352 e. The molecule has 2 aromatic rings. The predicted octanol–water partition coefficient (Wildman–Crippen LogP) is 2.49. The molecule has 152 valence electrons. The van der Waals surface area contributed by atoms with E-state index in [0.717, 1.165) is 29.8 Å². The lowest BCUT2D eigenvalue weighted by Gasteiger charge is -2.26. The van der Waals surface area contributed by atoms with Crippen LogP contribution >= 0.6 is 11.3 Å². The van der Waals surface area contributed by atoms with E-state index in [2.05, 4.69) is 20.6 Å². The van der Waals surface area contributed by atoms with Crippen LogP contribution in [0.2, 0.25) is 0 Å². The molecule has 0 bridgehead atoms. The van der Waals surface area contributed by atoms with Crippen molar-refractivity contribution in [3.8, 4) is 0 Å². The van der Waals surface area contributed by atoms with Gasteiger partial charge < -0.3 is 10.6 Å². The number of rotatable bonds is 6. The molecule has 1 fully saturated rings. The zero-order chi connectivity index (χ0) is 20.0. The van der Waals surface area contributed by atoms with Gasteiger partial charge in [0.1, 0.15) is 5.01 Å². The van der Waals surface area contributed by atoms with Crippen molar-refractivity contribution in [3.05, 3.63) is 45.9 Å². The van der Waals surface area contributed by atoms with Gasteiger partial charge in [0.25, 0.3) is 0 Å². The van der Waals surface area contributed by atoms with E-state index in [9.17, 15) is 8.42 Å². The lowest BCUT2D eigenvalue weighted by Crippen LogP contribution is -2.36. The molecule has 7 nitrogen and oxygen atoms in total. The quantitative estimate of drug-likeness (QED) is 0.553. The SMILES string of the molecule is CN=C(NCc1cccc(S(=O)(=O)N2CCCCC2)c1)NCc1ncc(C)s1. The first-order valence-electron chi connectivity index (χ1n) is 9.44. The summed E-state index contributed by atoms with van der Waals surface area (Å²) in [6.07, 6.45) is 4.82. The molecule has 3 rings (SSSR count). The summed E-state index contributed by atoms with van der Waals surface area (Å²) in [6, 6.07) is 7.13. The Balaban J connectivity index is 1.60. The molecule has 1 aliphatic heterocycles. The van der Waals surface area contributed by atoms with Gasteiger partial charge in [-0.1, -0.05) is 18.6 Å². The third-order valence-electron chi connectivity index (χ3n) is 4.61. The molecular formula is C19H27N5O2S2. The van der Waals surface area contributed by atoms with E-state index in [1.54, 1.807) is 40.9 Å². The summed E-state index contributed by atoms with van der Waals surface area (Å²) in [6.45, 7) is 4.33. The first-order valence-corrected chi connectivity index (χ1v) is 11.7. The molecule has 0 atom stereocenters. The van der Waals surface area contributed by atoms with Crippen LogP contribution in [0, 0.1) is 6.92 Å². The van der Waals surface area contributed by atoms with Crippen LogP contribution in [0.3, 0.4) is 0 Å². The zero-order valence-corrected chi connectivity index (χ0v) is 17.9. The Morgan fingerprint density at radius 2 is 1.96 bits per heavy atom. The Labute approximate surface area is 171 Å². The number of nitrogens with one attached hydrogen (secondary N) is 2. The van der Waals surface area contributed by atoms with Gasteiger partial charge in [0.2, 0.25) is 10.0 Å². The Hall–Kier alpha value is -1.97. The lowest BCUT2D eigenvalue weighted by atomic mass is 10.2. The number of nitrogens with zero attached hydrogens (tertiary/aromatic N) is 3. The van der Waals surface area contributed by atoms with Gasteiger partial charge in [0.15, 0.2) is 5.96 Å². The maximum absolute atomic E-state index is 12.9. The minimum atomic E-state index is -3.42. The Bertz CT molecular complexity index is 918. The first kappa shape index (κ1) is 20.8. The summed E-state index contributed by atoms with van der Waals surface area (Å²) in [7, 11) is -1.71. The number of aryl methyl sites for hydroxylation is 1. The molecule has 0 aliphatic carbocycles. The number of hydrogen-bond donors (Lipinski definition) is 2. The fourth-order valence-electron chi connectivity index (χ4n) is 3.12. The highest BCUT2D eigenvalue weighted by molar-refractivity contribution is 7.89. The van der Waals surface area contributed by atoms with Crippen LogP contribution in [0.1, 0.15) is 34.7 Å². The summed E-state index contributed by atoms with van der Waals surface area (Å²) >= 11 is 1.65. The van der Waals surface area contributed by atoms with Gasteiger partial charge in [-0.05, 0) is 37.5 Å². The molecule has 2 N–H and O–H groups in total. The van der Waals surface area contributed by atoms with Crippen molar-refractivity contribution in [3.63, 3.8) is 0 Å². The van der Waals surface area contributed by atoms with E-state index in [1.807, 2.05) is 19.2 Å². The Morgan fingerprint density at radius 1 is 1.21 bits per heavy atom. The molecule has 0 radical (unpaired) electrons. The van der Waals surface area contributed by atoms with Crippen LogP contribution in [-0.4, -0.2) is 43.8 Å². The highest BCUT2D eigenvalue weighted by atomic mass is 32.2. The number of hydrogen-bond acceptors (Lipinski definition) is 5. The van der Waals surface area contributed by atoms with E-state index in [-0.39, 0.29) is 0 Å². The molecule has 0 saturated carbocycles. The second kappa shape index (κ2) is 9.49. The maximum Gasteiger partial charge on any atom is 0.243 e. The van der Waals surface area contributed by atoms with Crippen LogP contribution in [0.4, 0.5) is 0 Å². The molecule has 1 aromatic heterocycles. The normalized spacial score (nSPS) is 16.1. The summed E-state index contributed by atoms with van der Waals surface area (Å²) in [4.78, 5) is 10.1. The minimum Gasteiger partial charge on any atom is -0.352 e. The molecule has 0 amide bonds. The van der Waals surface area contributed by atoms with E-state index in [0.29, 0.717) is 37.0 Å². The number of thiazole rings is 1. The number of benzene rings is 1. The van der Waals surface area contributed by atoms with Crippen molar-refractivity contribution in [2.24, 2.45) is 4.99 Å². The van der Waals surface area contributed by atoms with Crippen molar-refractivity contribution in [2.45, 2.75) is 44.2 Å². The molecule has 28 heavy (non-hydrogen) atoms. The van der Waals surface area contributed by atoms with E-state index in [1.165, 1.54) is 4.88 Å². The number of aromatic nitrogens is 1. The first-order chi connectivity index (χ1) is 13.5. The highest BCUT2D eigenvalue weighted by Gasteiger charge is 2.25. The highest BCUT2D eigenvalue weighted by Crippen LogP contribution is 2.21. The van der Waals surface area contributed by atoms with Gasteiger partial charge in [-0.15, -0.1) is 11.3 Å². The Morgan fingerprint density at radius 3 is 2.64 bits per heavy atom. The molecule has 0 unspecified atom stereocenters. The average Bonchev–Trinajstić information content (AvgIpc) is 3.14. The van der Waals surface area contributed by atoms with Crippen LogP contribution in [0.5, 0.6) is 0 Å². The second-order valence-corrected chi connectivity index (χ2v) is 10.0. The second-order valence-electron chi connectivity index (χ2n) is 6.76. The van der Waals surface area contributed by atoms with Crippen molar-refractivity contribution in [2.75, 3.05) is 20.1 Å². The lowest BCUT2D eigenvalue weighted by molar-refractivity contribution is 0.346. The number of sulfonamides is 1. The van der Waals surface area contributed by atoms with E-state index < -0.39 is 10.0 Å². The molecule has 2 heterocycles. The summed E-state index contributed by atoms with van der Waals surface area (Å²) in [5.74, 6) is 0.650. The summed E-state index contributed by atoms with van der Waals surface area (Å²) < 4.78 is 27.3. The fourth-order valence-corrected chi connectivity index (χ4v) is 5.43. The summed E-state index contributed by atoms with van der Waals surface area (Å²) in [5.41, 5.74) is 0.895. The maximum atomic E-state index is 12.9.